The molecule has 2 aromatic carbocycles. The molecule has 9 heteroatoms. The predicted octanol–water partition coefficient (Wildman–Crippen LogP) is 1.30. The first-order chi connectivity index (χ1) is 14.0. The van der Waals surface area contributed by atoms with E-state index in [1.54, 1.807) is 19.9 Å². The summed E-state index contributed by atoms with van der Waals surface area (Å²) in [6, 6.07) is 12.4. The highest BCUT2D eigenvalue weighted by Gasteiger charge is 2.50. The lowest BCUT2D eigenvalue weighted by atomic mass is 9.88. The zero-order valence-electron chi connectivity index (χ0n) is 16.8. The lowest BCUT2D eigenvalue weighted by Gasteiger charge is -2.26. The molecule has 2 saturated heterocycles. The van der Waals surface area contributed by atoms with Crippen LogP contribution in [0.4, 0.5) is 4.79 Å². The number of carbonyl (C=O) groups is 3. The van der Waals surface area contributed by atoms with Gasteiger partial charge >= 0.3 is 6.03 Å². The summed E-state index contributed by atoms with van der Waals surface area (Å²) in [5, 5.41) is 7.18. The van der Waals surface area contributed by atoms with Crippen LogP contribution in [0.1, 0.15) is 25.8 Å². The van der Waals surface area contributed by atoms with E-state index in [-0.39, 0.29) is 11.5 Å². The molecule has 0 unspecified atom stereocenters. The van der Waals surface area contributed by atoms with Crippen molar-refractivity contribution in [3.05, 3.63) is 48.0 Å². The molecule has 0 bridgehead atoms. The molecular weight excluding hydrogens is 406 g/mol. The van der Waals surface area contributed by atoms with E-state index in [1.807, 2.05) is 36.4 Å². The number of nitrogens with one attached hydrogen (secondary N) is 2. The Morgan fingerprint density at radius 3 is 2.53 bits per heavy atom. The fourth-order valence-electron chi connectivity index (χ4n) is 4.31. The van der Waals surface area contributed by atoms with Crippen LogP contribution >= 0.6 is 0 Å². The van der Waals surface area contributed by atoms with Gasteiger partial charge in [-0.3, -0.25) is 14.5 Å². The molecule has 2 aliphatic heterocycles. The van der Waals surface area contributed by atoms with Crippen molar-refractivity contribution in [1.29, 1.82) is 0 Å². The quantitative estimate of drug-likeness (QED) is 0.712. The third-order valence-corrected chi connectivity index (χ3v) is 7.75. The van der Waals surface area contributed by atoms with Crippen LogP contribution in [-0.4, -0.2) is 54.8 Å². The molecule has 30 heavy (non-hydrogen) atoms. The molecule has 0 radical (unpaired) electrons. The molecule has 2 aromatic rings. The van der Waals surface area contributed by atoms with Gasteiger partial charge in [-0.05, 0) is 36.6 Å². The van der Waals surface area contributed by atoms with Gasteiger partial charge in [0.15, 0.2) is 9.84 Å². The number of fused-ring (bicyclic) bond motifs is 1. The van der Waals surface area contributed by atoms with Crippen molar-refractivity contribution in [2.24, 2.45) is 0 Å². The molecule has 2 aliphatic rings. The van der Waals surface area contributed by atoms with E-state index in [0.29, 0.717) is 12.0 Å². The maximum atomic E-state index is 13.2. The second kappa shape index (κ2) is 6.80. The zero-order valence-corrected chi connectivity index (χ0v) is 17.6. The number of carbonyl (C=O) groups excluding carboxylic acids is 3. The van der Waals surface area contributed by atoms with Gasteiger partial charge in [-0.1, -0.05) is 42.5 Å². The molecule has 2 heterocycles. The van der Waals surface area contributed by atoms with Crippen LogP contribution in [0.25, 0.3) is 10.8 Å². The largest absolute Gasteiger partial charge is 0.348 e. The van der Waals surface area contributed by atoms with Gasteiger partial charge in [0.1, 0.15) is 12.1 Å². The van der Waals surface area contributed by atoms with Crippen LogP contribution in [0.2, 0.25) is 0 Å². The summed E-state index contributed by atoms with van der Waals surface area (Å²) in [4.78, 5) is 39.2. The molecule has 0 spiro atoms. The number of imide groups is 1. The lowest BCUT2D eigenvalue weighted by molar-refractivity contribution is -0.135. The molecule has 0 aromatic heterocycles. The van der Waals surface area contributed by atoms with E-state index < -0.39 is 45.3 Å². The van der Waals surface area contributed by atoms with Gasteiger partial charge in [-0.2, -0.15) is 0 Å². The minimum absolute atomic E-state index is 0.00602. The molecule has 4 amide bonds. The van der Waals surface area contributed by atoms with E-state index in [1.165, 1.54) is 0 Å². The van der Waals surface area contributed by atoms with Gasteiger partial charge in [-0.15, -0.1) is 0 Å². The molecule has 0 saturated carbocycles. The maximum absolute atomic E-state index is 13.2. The first-order valence-electron chi connectivity index (χ1n) is 9.67. The Bertz CT molecular complexity index is 1170. The van der Waals surface area contributed by atoms with Crippen molar-refractivity contribution in [1.82, 2.24) is 15.5 Å². The number of amides is 4. The summed E-state index contributed by atoms with van der Waals surface area (Å²) >= 11 is 0. The highest BCUT2D eigenvalue weighted by atomic mass is 32.2. The second-order valence-electron chi connectivity index (χ2n) is 8.42. The highest BCUT2D eigenvalue weighted by molar-refractivity contribution is 7.91. The van der Waals surface area contributed by atoms with Crippen molar-refractivity contribution < 1.29 is 22.8 Å². The van der Waals surface area contributed by atoms with Gasteiger partial charge in [0.05, 0.1) is 17.0 Å². The molecule has 8 nitrogen and oxygen atoms in total. The Morgan fingerprint density at radius 2 is 1.83 bits per heavy atom. The van der Waals surface area contributed by atoms with Crippen LogP contribution in [-0.2, 0) is 25.0 Å². The monoisotopic (exact) mass is 429 g/mol. The summed E-state index contributed by atoms with van der Waals surface area (Å²) < 4.78 is 23.5. The van der Waals surface area contributed by atoms with Gasteiger partial charge in [0.2, 0.25) is 5.91 Å². The first kappa shape index (κ1) is 20.3. The Kier molecular flexibility index (Phi) is 4.61. The van der Waals surface area contributed by atoms with Crippen molar-refractivity contribution in [3.8, 4) is 0 Å². The SMILES string of the molecule is C[C@@]1(NC(=O)CN2C(=O)N[C@](C)(c3cccc4ccccc34)C2=O)CCS(=O)(=O)C1. The van der Waals surface area contributed by atoms with Crippen molar-refractivity contribution >= 4 is 38.5 Å². The number of urea groups is 1. The van der Waals surface area contributed by atoms with E-state index >= 15 is 0 Å². The van der Waals surface area contributed by atoms with E-state index in [9.17, 15) is 22.8 Å². The maximum Gasteiger partial charge on any atom is 0.325 e. The topological polar surface area (TPSA) is 113 Å². The highest BCUT2D eigenvalue weighted by Crippen LogP contribution is 2.33. The zero-order chi connectivity index (χ0) is 21.7. The lowest BCUT2D eigenvalue weighted by Crippen LogP contribution is -2.51. The van der Waals surface area contributed by atoms with Crippen LogP contribution in [0.5, 0.6) is 0 Å². The van der Waals surface area contributed by atoms with Crippen molar-refractivity contribution in [2.75, 3.05) is 18.1 Å². The van der Waals surface area contributed by atoms with Crippen LogP contribution in [0, 0.1) is 0 Å². The average Bonchev–Trinajstić information content (AvgIpc) is 3.08. The summed E-state index contributed by atoms with van der Waals surface area (Å²) in [6.45, 7) is 2.81. The third kappa shape index (κ3) is 3.43. The molecule has 158 valence electrons. The molecule has 2 atom stereocenters. The number of rotatable bonds is 4. The number of nitrogens with zero attached hydrogens (tertiary/aromatic N) is 1. The normalized spacial score (nSPS) is 28.0. The molecule has 0 aliphatic carbocycles. The summed E-state index contributed by atoms with van der Waals surface area (Å²) in [5.41, 5.74) is -1.55. The Balaban J connectivity index is 1.56. The molecule has 2 N–H and O–H groups in total. The Morgan fingerprint density at radius 1 is 1.13 bits per heavy atom. The standard InChI is InChI=1S/C21H23N3O5S/c1-20(10-11-30(28,29)13-20)22-17(25)12-24-18(26)21(2,23-19(24)27)16-9-5-7-14-6-3-4-8-15(14)16/h3-9H,10-13H2,1-2H3,(H,22,25)(H,23,27)/t20-,21-/m1/s1. The van der Waals surface area contributed by atoms with E-state index in [0.717, 1.165) is 15.7 Å². The van der Waals surface area contributed by atoms with Crippen LogP contribution in [0.3, 0.4) is 0 Å². The summed E-state index contributed by atoms with van der Waals surface area (Å²) in [5.74, 6) is -1.24. The minimum atomic E-state index is -3.20. The van der Waals surface area contributed by atoms with E-state index in [2.05, 4.69) is 10.6 Å². The van der Waals surface area contributed by atoms with Crippen molar-refractivity contribution in [3.63, 3.8) is 0 Å². The summed E-state index contributed by atoms with van der Waals surface area (Å²) in [6.07, 6.45) is 0.301. The third-order valence-electron chi connectivity index (χ3n) is 5.85. The summed E-state index contributed by atoms with van der Waals surface area (Å²) in [7, 11) is -3.20. The predicted molar refractivity (Wildman–Crippen MR) is 111 cm³/mol. The van der Waals surface area contributed by atoms with Crippen molar-refractivity contribution in [2.45, 2.75) is 31.3 Å². The van der Waals surface area contributed by atoms with Gasteiger partial charge in [-0.25, -0.2) is 13.2 Å². The van der Waals surface area contributed by atoms with Crippen LogP contribution in [0.15, 0.2) is 42.5 Å². The Labute approximate surface area is 174 Å². The van der Waals surface area contributed by atoms with Gasteiger partial charge in [0, 0.05) is 0 Å². The molecule has 4 rings (SSSR count). The number of benzene rings is 2. The fraction of sp³-hybridized carbons (Fsp3) is 0.381. The number of hydrogen-bond donors (Lipinski definition) is 2. The van der Waals surface area contributed by atoms with Crippen LogP contribution < -0.4 is 10.6 Å². The van der Waals surface area contributed by atoms with E-state index in [4.69, 9.17) is 0 Å². The molecular formula is C21H23N3O5S. The van der Waals surface area contributed by atoms with Gasteiger partial charge < -0.3 is 10.6 Å². The number of sulfone groups is 1. The average molecular weight is 429 g/mol. The Hall–Kier alpha value is -2.94. The minimum Gasteiger partial charge on any atom is -0.348 e. The smallest absolute Gasteiger partial charge is 0.325 e. The first-order valence-corrected chi connectivity index (χ1v) is 11.5. The van der Waals surface area contributed by atoms with Gasteiger partial charge in [0.25, 0.3) is 5.91 Å². The number of hydrogen-bond acceptors (Lipinski definition) is 5. The fourth-order valence-corrected chi connectivity index (χ4v) is 6.41. The molecule has 2 fully saturated rings. The second-order valence-corrected chi connectivity index (χ2v) is 10.6.